The van der Waals surface area contributed by atoms with Crippen LogP contribution in [0.1, 0.15) is 39.0 Å². The van der Waals surface area contributed by atoms with E-state index < -0.39 is 5.60 Å². The van der Waals surface area contributed by atoms with Crippen LogP contribution in [0, 0.1) is 0 Å². The molecule has 0 atom stereocenters. The van der Waals surface area contributed by atoms with E-state index in [4.69, 9.17) is 14.5 Å². The summed E-state index contributed by atoms with van der Waals surface area (Å²) in [5.41, 5.74) is 1.74. The van der Waals surface area contributed by atoms with Gasteiger partial charge in [0.05, 0.1) is 6.61 Å². The first-order chi connectivity index (χ1) is 13.8. The lowest BCUT2D eigenvalue weighted by Gasteiger charge is -2.35. The Morgan fingerprint density at radius 2 is 1.62 bits per heavy atom. The first kappa shape index (κ1) is 21.2. The maximum Gasteiger partial charge on any atom is 0.410 e. The van der Waals surface area contributed by atoms with E-state index in [-0.39, 0.29) is 12.2 Å². The van der Waals surface area contributed by atoms with Crippen LogP contribution < -0.4 is 4.90 Å². The number of amides is 2. The molecule has 8 nitrogen and oxygen atoms in total. The second kappa shape index (κ2) is 8.88. The number of hydrogen-bond donors (Lipinski definition) is 0. The van der Waals surface area contributed by atoms with Gasteiger partial charge in [-0.15, -0.1) is 0 Å². The molecule has 2 aliphatic heterocycles. The van der Waals surface area contributed by atoms with Crippen molar-refractivity contribution in [3.8, 4) is 0 Å². The SMILES string of the molecule is CCOC(=O)N1CCN(c2ccc3c(n2)CCN(C(=O)OC(C)(C)C)CC3)CC1. The van der Waals surface area contributed by atoms with E-state index in [1.165, 1.54) is 5.56 Å². The Morgan fingerprint density at radius 1 is 0.966 bits per heavy atom. The molecule has 0 unspecified atom stereocenters. The predicted octanol–water partition coefficient (Wildman–Crippen LogP) is 2.70. The van der Waals surface area contributed by atoms with Crippen LogP contribution in [0.25, 0.3) is 0 Å². The summed E-state index contributed by atoms with van der Waals surface area (Å²) in [7, 11) is 0. The van der Waals surface area contributed by atoms with Crippen LogP contribution in [0.4, 0.5) is 15.4 Å². The number of carbonyl (C=O) groups excluding carboxylic acids is 2. The summed E-state index contributed by atoms with van der Waals surface area (Å²) in [5.74, 6) is 0.929. The molecule has 3 rings (SSSR count). The maximum atomic E-state index is 12.4. The molecule has 0 saturated carbocycles. The lowest BCUT2D eigenvalue weighted by molar-refractivity contribution is 0.0258. The van der Waals surface area contributed by atoms with Gasteiger partial charge in [-0.1, -0.05) is 6.07 Å². The molecule has 3 heterocycles. The van der Waals surface area contributed by atoms with Crippen molar-refractivity contribution in [2.24, 2.45) is 0 Å². The topological polar surface area (TPSA) is 75.2 Å². The molecule has 0 bridgehead atoms. The molecule has 1 saturated heterocycles. The summed E-state index contributed by atoms with van der Waals surface area (Å²) in [4.78, 5) is 34.9. The predicted molar refractivity (Wildman–Crippen MR) is 110 cm³/mol. The van der Waals surface area contributed by atoms with Crippen LogP contribution in [0.15, 0.2) is 12.1 Å². The number of fused-ring (bicyclic) bond motifs is 1. The number of ether oxygens (including phenoxy) is 2. The van der Waals surface area contributed by atoms with Crippen LogP contribution in [0.2, 0.25) is 0 Å². The lowest BCUT2D eigenvalue weighted by Crippen LogP contribution is -2.49. The largest absolute Gasteiger partial charge is 0.450 e. The molecule has 1 aromatic rings. The van der Waals surface area contributed by atoms with Gasteiger partial charge in [0.2, 0.25) is 0 Å². The van der Waals surface area contributed by atoms with Gasteiger partial charge in [0, 0.05) is 51.4 Å². The lowest BCUT2D eigenvalue weighted by atomic mass is 10.1. The molecule has 0 aromatic carbocycles. The highest BCUT2D eigenvalue weighted by Gasteiger charge is 2.26. The van der Waals surface area contributed by atoms with Gasteiger partial charge in [-0.3, -0.25) is 0 Å². The van der Waals surface area contributed by atoms with E-state index in [1.807, 2.05) is 33.8 Å². The minimum atomic E-state index is -0.493. The average Bonchev–Trinajstić information content (AvgIpc) is 2.89. The number of piperazine rings is 1. The van der Waals surface area contributed by atoms with E-state index in [1.54, 1.807) is 9.80 Å². The van der Waals surface area contributed by atoms with Crippen LogP contribution in [0.3, 0.4) is 0 Å². The molecule has 2 aliphatic rings. The quantitative estimate of drug-likeness (QED) is 0.754. The highest BCUT2D eigenvalue weighted by Crippen LogP contribution is 2.21. The third kappa shape index (κ3) is 5.52. The zero-order chi connectivity index (χ0) is 21.0. The number of rotatable bonds is 2. The Kier molecular flexibility index (Phi) is 6.49. The minimum Gasteiger partial charge on any atom is -0.450 e. The van der Waals surface area contributed by atoms with Gasteiger partial charge in [0.15, 0.2) is 0 Å². The van der Waals surface area contributed by atoms with Crippen molar-refractivity contribution in [1.29, 1.82) is 0 Å². The van der Waals surface area contributed by atoms with E-state index in [0.717, 1.165) is 31.0 Å². The van der Waals surface area contributed by atoms with Crippen molar-refractivity contribution in [2.75, 3.05) is 50.8 Å². The zero-order valence-electron chi connectivity index (χ0n) is 17.9. The van der Waals surface area contributed by atoms with E-state index in [2.05, 4.69) is 11.0 Å². The van der Waals surface area contributed by atoms with Gasteiger partial charge in [0.25, 0.3) is 0 Å². The van der Waals surface area contributed by atoms with Crippen LogP contribution in [-0.2, 0) is 22.3 Å². The minimum absolute atomic E-state index is 0.246. The van der Waals surface area contributed by atoms with Crippen molar-refractivity contribution < 1.29 is 19.1 Å². The number of aromatic nitrogens is 1. The van der Waals surface area contributed by atoms with E-state index in [0.29, 0.717) is 39.2 Å². The third-order valence-corrected chi connectivity index (χ3v) is 5.10. The summed E-state index contributed by atoms with van der Waals surface area (Å²) in [6.07, 6.45) is 0.980. The van der Waals surface area contributed by atoms with Crippen LogP contribution in [0.5, 0.6) is 0 Å². The zero-order valence-corrected chi connectivity index (χ0v) is 17.9. The number of hydrogen-bond acceptors (Lipinski definition) is 6. The molecule has 29 heavy (non-hydrogen) atoms. The third-order valence-electron chi connectivity index (χ3n) is 5.10. The molecule has 0 aliphatic carbocycles. The van der Waals surface area contributed by atoms with Crippen molar-refractivity contribution in [3.63, 3.8) is 0 Å². The Balaban J connectivity index is 1.60. The number of nitrogens with zero attached hydrogens (tertiary/aromatic N) is 4. The summed E-state index contributed by atoms with van der Waals surface area (Å²) in [6.45, 7) is 11.8. The van der Waals surface area contributed by atoms with Gasteiger partial charge >= 0.3 is 12.2 Å². The molecule has 1 fully saturated rings. The monoisotopic (exact) mass is 404 g/mol. The Bertz CT molecular complexity index is 739. The average molecular weight is 405 g/mol. The smallest absolute Gasteiger partial charge is 0.410 e. The van der Waals surface area contributed by atoms with E-state index in [9.17, 15) is 9.59 Å². The molecule has 0 spiro atoms. The van der Waals surface area contributed by atoms with Gasteiger partial charge in [0.1, 0.15) is 11.4 Å². The normalized spacial score (nSPS) is 17.4. The molecule has 0 N–H and O–H groups in total. The fourth-order valence-electron chi connectivity index (χ4n) is 3.59. The summed E-state index contributed by atoms with van der Waals surface area (Å²) in [6, 6.07) is 4.16. The van der Waals surface area contributed by atoms with Crippen molar-refractivity contribution in [3.05, 3.63) is 23.4 Å². The number of carbonyl (C=O) groups is 2. The van der Waals surface area contributed by atoms with Crippen molar-refractivity contribution in [1.82, 2.24) is 14.8 Å². The maximum absolute atomic E-state index is 12.4. The molecule has 160 valence electrons. The van der Waals surface area contributed by atoms with E-state index >= 15 is 0 Å². The second-order valence-corrected chi connectivity index (χ2v) is 8.42. The highest BCUT2D eigenvalue weighted by atomic mass is 16.6. The first-order valence-electron chi connectivity index (χ1n) is 10.4. The molecular weight excluding hydrogens is 372 g/mol. The highest BCUT2D eigenvalue weighted by molar-refractivity contribution is 5.68. The molecule has 0 radical (unpaired) electrons. The van der Waals surface area contributed by atoms with Gasteiger partial charge in [-0.25, -0.2) is 14.6 Å². The Hall–Kier alpha value is -2.51. The van der Waals surface area contributed by atoms with Crippen molar-refractivity contribution >= 4 is 18.0 Å². The van der Waals surface area contributed by atoms with Crippen LogP contribution in [-0.4, -0.2) is 78.4 Å². The molecule has 1 aromatic heterocycles. The fourth-order valence-corrected chi connectivity index (χ4v) is 3.59. The molecule has 8 heteroatoms. The number of pyridine rings is 1. The van der Waals surface area contributed by atoms with Gasteiger partial charge < -0.3 is 24.2 Å². The molecular formula is C21H32N4O4. The van der Waals surface area contributed by atoms with Gasteiger partial charge in [-0.05, 0) is 45.7 Å². The van der Waals surface area contributed by atoms with Crippen molar-refractivity contribution in [2.45, 2.75) is 46.1 Å². The summed E-state index contributed by atoms with van der Waals surface area (Å²) in [5, 5.41) is 0. The summed E-state index contributed by atoms with van der Waals surface area (Å²) >= 11 is 0. The second-order valence-electron chi connectivity index (χ2n) is 8.42. The standard InChI is InChI=1S/C21H32N4O4/c1-5-28-19(26)25-14-12-23(13-15-25)18-7-6-16-8-10-24(11-9-17(16)22-18)20(27)29-21(2,3)4/h6-7H,5,8-15H2,1-4H3. The fraction of sp³-hybridized carbons (Fsp3) is 0.667. The first-order valence-corrected chi connectivity index (χ1v) is 10.4. The summed E-state index contributed by atoms with van der Waals surface area (Å²) < 4.78 is 10.6. The number of anilines is 1. The molecule has 2 amide bonds. The Labute approximate surface area is 172 Å². The van der Waals surface area contributed by atoms with Crippen LogP contribution >= 0.6 is 0 Å². The Morgan fingerprint density at radius 3 is 2.28 bits per heavy atom. The van der Waals surface area contributed by atoms with Gasteiger partial charge in [-0.2, -0.15) is 0 Å².